The van der Waals surface area contributed by atoms with Crippen LogP contribution in [0.3, 0.4) is 0 Å². The van der Waals surface area contributed by atoms with E-state index in [1.807, 2.05) is 0 Å². The maximum atomic E-state index is 11.3. The Morgan fingerprint density at radius 2 is 2.13 bits per heavy atom. The summed E-state index contributed by atoms with van der Waals surface area (Å²) in [5.41, 5.74) is -0.927. The van der Waals surface area contributed by atoms with E-state index in [0.717, 1.165) is 13.5 Å². The number of hydrogen-bond donors (Lipinski definition) is 2. The summed E-state index contributed by atoms with van der Waals surface area (Å²) in [6, 6.07) is 0. The van der Waals surface area contributed by atoms with Gasteiger partial charge in [-0.1, -0.05) is 0 Å². The highest BCUT2D eigenvalue weighted by Gasteiger charge is 2.35. The number of aliphatic hydroxyl groups is 1. The van der Waals surface area contributed by atoms with Gasteiger partial charge in [-0.2, -0.15) is 0 Å². The summed E-state index contributed by atoms with van der Waals surface area (Å²) in [5, 5.41) is 9.62. The predicted octanol–water partition coefficient (Wildman–Crippen LogP) is -1.01. The summed E-state index contributed by atoms with van der Waals surface area (Å²) in [6.07, 6.45) is 2.08. The van der Waals surface area contributed by atoms with Gasteiger partial charge >= 0.3 is 5.97 Å². The fourth-order valence-electron chi connectivity index (χ4n) is 1.27. The highest BCUT2D eigenvalue weighted by atomic mass is 32.2. The van der Waals surface area contributed by atoms with E-state index in [4.69, 9.17) is 0 Å². The number of sulfonamides is 1. The quantitative estimate of drug-likeness (QED) is 0.598. The molecule has 1 saturated carbocycles. The highest BCUT2D eigenvalue weighted by molar-refractivity contribution is 7.90. The first-order valence-corrected chi connectivity index (χ1v) is 6.29. The molecule has 15 heavy (non-hydrogen) atoms. The standard InChI is InChI=1S/C8H15NO5S/c1-14-7(10)5-15(12,13)9-6-8(11)3-2-4-8/h9,11H,2-6H2,1H3. The van der Waals surface area contributed by atoms with E-state index in [1.165, 1.54) is 0 Å². The molecule has 6 nitrogen and oxygen atoms in total. The Morgan fingerprint density at radius 3 is 2.53 bits per heavy atom. The molecule has 0 bridgehead atoms. The third-order valence-corrected chi connectivity index (χ3v) is 3.64. The van der Waals surface area contributed by atoms with E-state index in [0.29, 0.717) is 12.8 Å². The molecule has 0 aliphatic heterocycles. The number of carbonyl (C=O) groups excluding carboxylic acids is 1. The fraction of sp³-hybridized carbons (Fsp3) is 0.875. The third-order valence-electron chi connectivity index (χ3n) is 2.44. The molecular weight excluding hydrogens is 222 g/mol. The van der Waals surface area contributed by atoms with E-state index < -0.39 is 27.3 Å². The van der Waals surface area contributed by atoms with Crippen LogP contribution in [0.4, 0.5) is 0 Å². The van der Waals surface area contributed by atoms with Crippen LogP contribution in [0.5, 0.6) is 0 Å². The number of ether oxygens (including phenoxy) is 1. The minimum absolute atomic E-state index is 0.0354. The summed E-state index contributed by atoms with van der Waals surface area (Å²) in [5.74, 6) is -1.53. The van der Waals surface area contributed by atoms with Crippen molar-refractivity contribution in [3.8, 4) is 0 Å². The molecule has 7 heteroatoms. The molecular formula is C8H15NO5S. The lowest BCUT2D eigenvalue weighted by Gasteiger charge is -2.36. The van der Waals surface area contributed by atoms with Crippen molar-refractivity contribution >= 4 is 16.0 Å². The Kier molecular flexibility index (Phi) is 3.69. The smallest absolute Gasteiger partial charge is 0.322 e. The molecule has 0 unspecified atom stereocenters. The molecule has 88 valence electrons. The Labute approximate surface area is 88.7 Å². The van der Waals surface area contributed by atoms with Gasteiger partial charge in [0.25, 0.3) is 0 Å². The third kappa shape index (κ3) is 3.77. The molecule has 0 aromatic carbocycles. The predicted molar refractivity (Wildman–Crippen MR) is 52.6 cm³/mol. The van der Waals surface area contributed by atoms with Gasteiger partial charge in [0, 0.05) is 6.54 Å². The molecule has 0 radical (unpaired) electrons. The molecule has 0 heterocycles. The summed E-state index contributed by atoms with van der Waals surface area (Å²) in [6.45, 7) is -0.0354. The van der Waals surface area contributed by atoms with E-state index in [1.54, 1.807) is 0 Å². The van der Waals surface area contributed by atoms with Crippen molar-refractivity contribution in [1.82, 2.24) is 4.72 Å². The average Bonchev–Trinajstić information content (AvgIpc) is 2.11. The van der Waals surface area contributed by atoms with E-state index in [-0.39, 0.29) is 6.54 Å². The molecule has 1 aliphatic rings. The lowest BCUT2D eigenvalue weighted by Crippen LogP contribution is -2.48. The topological polar surface area (TPSA) is 92.7 Å². The minimum Gasteiger partial charge on any atom is -0.468 e. The zero-order valence-electron chi connectivity index (χ0n) is 8.52. The van der Waals surface area contributed by atoms with Gasteiger partial charge in [0.1, 0.15) is 0 Å². The normalized spacial score (nSPS) is 19.3. The van der Waals surface area contributed by atoms with Crippen LogP contribution in [-0.4, -0.2) is 44.5 Å². The van der Waals surface area contributed by atoms with Crippen molar-refractivity contribution in [1.29, 1.82) is 0 Å². The zero-order valence-corrected chi connectivity index (χ0v) is 9.34. The van der Waals surface area contributed by atoms with Gasteiger partial charge in [0.05, 0.1) is 12.7 Å². The van der Waals surface area contributed by atoms with Crippen molar-refractivity contribution in [3.63, 3.8) is 0 Å². The Morgan fingerprint density at radius 1 is 1.53 bits per heavy atom. The maximum Gasteiger partial charge on any atom is 0.322 e. The SMILES string of the molecule is COC(=O)CS(=O)(=O)NCC1(O)CCC1. The first-order valence-electron chi connectivity index (χ1n) is 4.63. The number of esters is 1. The zero-order chi connectivity index (χ0) is 11.5. The monoisotopic (exact) mass is 237 g/mol. The maximum absolute atomic E-state index is 11.3. The minimum atomic E-state index is -3.69. The van der Waals surface area contributed by atoms with Crippen molar-refractivity contribution in [2.75, 3.05) is 19.4 Å². The van der Waals surface area contributed by atoms with Gasteiger partial charge in [-0.3, -0.25) is 4.79 Å². The van der Waals surface area contributed by atoms with Crippen molar-refractivity contribution in [2.45, 2.75) is 24.9 Å². The average molecular weight is 237 g/mol. The van der Waals surface area contributed by atoms with Crippen molar-refractivity contribution in [3.05, 3.63) is 0 Å². The van der Waals surface area contributed by atoms with Gasteiger partial charge in [0.15, 0.2) is 5.75 Å². The second kappa shape index (κ2) is 4.46. The molecule has 0 aromatic heterocycles. The molecule has 0 amide bonds. The second-order valence-electron chi connectivity index (χ2n) is 3.73. The number of nitrogens with one attached hydrogen (secondary N) is 1. The molecule has 0 saturated heterocycles. The van der Waals surface area contributed by atoms with Crippen LogP contribution < -0.4 is 4.72 Å². The van der Waals surface area contributed by atoms with E-state index in [9.17, 15) is 18.3 Å². The summed E-state index contributed by atoms with van der Waals surface area (Å²) in [7, 11) is -2.56. The molecule has 0 atom stereocenters. The van der Waals surface area contributed by atoms with Crippen molar-refractivity contribution in [2.24, 2.45) is 0 Å². The van der Waals surface area contributed by atoms with E-state index in [2.05, 4.69) is 9.46 Å². The van der Waals surface area contributed by atoms with Gasteiger partial charge in [0.2, 0.25) is 10.0 Å². The lowest BCUT2D eigenvalue weighted by atomic mass is 9.81. The second-order valence-corrected chi connectivity index (χ2v) is 5.54. The first-order chi connectivity index (χ1) is 6.87. The van der Waals surface area contributed by atoms with Crippen LogP contribution in [0.25, 0.3) is 0 Å². The van der Waals surface area contributed by atoms with Crippen LogP contribution in [0.1, 0.15) is 19.3 Å². The molecule has 0 aromatic rings. The Hall–Kier alpha value is -0.660. The van der Waals surface area contributed by atoms with Gasteiger partial charge in [-0.15, -0.1) is 0 Å². The van der Waals surface area contributed by atoms with Gasteiger partial charge in [-0.25, -0.2) is 13.1 Å². The largest absolute Gasteiger partial charge is 0.468 e. The number of carbonyl (C=O) groups is 1. The van der Waals surface area contributed by atoms with Crippen LogP contribution in [0.2, 0.25) is 0 Å². The Balaban J connectivity index is 2.39. The van der Waals surface area contributed by atoms with E-state index >= 15 is 0 Å². The summed E-state index contributed by atoms with van der Waals surface area (Å²) in [4.78, 5) is 10.7. The Bertz CT molecular complexity index is 333. The molecule has 1 aliphatic carbocycles. The summed E-state index contributed by atoms with van der Waals surface area (Å²) < 4.78 is 29.0. The van der Waals surface area contributed by atoms with Crippen LogP contribution in [-0.2, 0) is 19.6 Å². The molecule has 1 rings (SSSR count). The highest BCUT2D eigenvalue weighted by Crippen LogP contribution is 2.30. The van der Waals surface area contributed by atoms with Crippen molar-refractivity contribution < 1.29 is 23.1 Å². The number of hydrogen-bond acceptors (Lipinski definition) is 5. The number of methoxy groups -OCH3 is 1. The van der Waals surface area contributed by atoms with Crippen LogP contribution in [0.15, 0.2) is 0 Å². The lowest BCUT2D eigenvalue weighted by molar-refractivity contribution is -0.137. The fourth-order valence-corrected chi connectivity index (χ4v) is 2.29. The van der Waals surface area contributed by atoms with Crippen LogP contribution in [0, 0.1) is 0 Å². The van der Waals surface area contributed by atoms with Gasteiger partial charge < -0.3 is 9.84 Å². The summed E-state index contributed by atoms with van der Waals surface area (Å²) >= 11 is 0. The molecule has 2 N–H and O–H groups in total. The van der Waals surface area contributed by atoms with Crippen LogP contribution >= 0.6 is 0 Å². The molecule has 0 spiro atoms. The number of rotatable bonds is 5. The van der Waals surface area contributed by atoms with Gasteiger partial charge in [-0.05, 0) is 19.3 Å². The first kappa shape index (κ1) is 12.4. The molecule has 1 fully saturated rings.